The Morgan fingerprint density at radius 2 is 2.06 bits per heavy atom. The largest absolute Gasteiger partial charge is 0.469 e. The van der Waals surface area contributed by atoms with E-state index in [1.807, 2.05) is 0 Å². The first-order valence-electron chi connectivity index (χ1n) is 4.76. The first-order chi connectivity index (χ1) is 8.04. The van der Waals surface area contributed by atoms with Gasteiger partial charge >= 0.3 is 5.97 Å². The molecule has 0 spiro atoms. The van der Waals surface area contributed by atoms with Crippen LogP contribution >= 0.6 is 23.2 Å². The maximum absolute atomic E-state index is 11.3. The van der Waals surface area contributed by atoms with E-state index >= 15 is 0 Å². The third kappa shape index (κ3) is 4.21. The second kappa shape index (κ2) is 6.42. The third-order valence-corrected chi connectivity index (χ3v) is 2.81. The fourth-order valence-electron chi connectivity index (χ4n) is 1.11. The Labute approximate surface area is 109 Å². The van der Waals surface area contributed by atoms with Gasteiger partial charge in [-0.25, -0.2) is 0 Å². The summed E-state index contributed by atoms with van der Waals surface area (Å²) in [5.41, 5.74) is 0.623. The molecule has 0 unspecified atom stereocenters. The molecule has 0 fully saturated rings. The van der Waals surface area contributed by atoms with Gasteiger partial charge in [0.2, 0.25) is 0 Å². The van der Waals surface area contributed by atoms with Crippen molar-refractivity contribution in [3.8, 4) is 0 Å². The molecule has 0 aliphatic carbocycles. The van der Waals surface area contributed by atoms with Crippen molar-refractivity contribution in [1.29, 1.82) is 0 Å². The van der Waals surface area contributed by atoms with Crippen LogP contribution < -0.4 is 0 Å². The number of rotatable bonds is 4. The smallest absolute Gasteiger partial charge is 0.313 e. The fraction of sp³-hybridized carbons (Fsp3) is 0.167. The van der Waals surface area contributed by atoms with Gasteiger partial charge in [-0.2, -0.15) is 0 Å². The highest BCUT2D eigenvalue weighted by Crippen LogP contribution is 2.26. The van der Waals surface area contributed by atoms with Crippen LogP contribution in [0, 0.1) is 0 Å². The molecule has 0 bridgehead atoms. The summed E-state index contributed by atoms with van der Waals surface area (Å²) in [6, 6.07) is 5.09. The molecular weight excluding hydrogens is 263 g/mol. The Bertz CT molecular complexity index is 467. The van der Waals surface area contributed by atoms with E-state index in [0.29, 0.717) is 15.6 Å². The van der Waals surface area contributed by atoms with E-state index in [4.69, 9.17) is 23.2 Å². The number of ketones is 1. The Morgan fingerprint density at radius 1 is 1.35 bits per heavy atom. The molecule has 0 aliphatic heterocycles. The molecule has 0 saturated heterocycles. The van der Waals surface area contributed by atoms with Crippen LogP contribution in [-0.4, -0.2) is 18.9 Å². The van der Waals surface area contributed by atoms with Gasteiger partial charge in [-0.1, -0.05) is 35.3 Å². The van der Waals surface area contributed by atoms with Gasteiger partial charge in [-0.15, -0.1) is 0 Å². The number of ether oxygens (including phenoxy) is 1. The lowest BCUT2D eigenvalue weighted by Crippen LogP contribution is -2.06. The number of hydrogen-bond acceptors (Lipinski definition) is 3. The third-order valence-electron chi connectivity index (χ3n) is 1.98. The van der Waals surface area contributed by atoms with Crippen molar-refractivity contribution in [2.45, 2.75) is 6.42 Å². The van der Waals surface area contributed by atoms with Crippen molar-refractivity contribution in [1.82, 2.24) is 0 Å². The molecule has 1 aromatic rings. The van der Waals surface area contributed by atoms with Crippen molar-refractivity contribution >= 4 is 41.0 Å². The molecule has 0 atom stereocenters. The van der Waals surface area contributed by atoms with E-state index in [1.54, 1.807) is 18.2 Å². The molecule has 5 heteroatoms. The van der Waals surface area contributed by atoms with Gasteiger partial charge in [0.25, 0.3) is 0 Å². The lowest BCUT2D eigenvalue weighted by molar-refractivity contribution is -0.142. The van der Waals surface area contributed by atoms with Crippen LogP contribution in [-0.2, 0) is 14.3 Å². The normalized spacial score (nSPS) is 10.5. The zero-order valence-corrected chi connectivity index (χ0v) is 10.6. The standard InChI is InChI=1S/C12H10Cl2O3/c1-17-11(16)7-9(15)6-5-8-3-2-4-10(13)12(8)14/h2-6H,7H2,1H3/b6-5+. The molecule has 0 amide bonds. The van der Waals surface area contributed by atoms with E-state index in [1.165, 1.54) is 19.3 Å². The van der Waals surface area contributed by atoms with E-state index in [2.05, 4.69) is 4.74 Å². The van der Waals surface area contributed by atoms with Gasteiger partial charge in [0.05, 0.1) is 17.2 Å². The number of halogens is 2. The summed E-state index contributed by atoms with van der Waals surface area (Å²) < 4.78 is 4.37. The average Bonchev–Trinajstić information content (AvgIpc) is 2.31. The second-order valence-electron chi connectivity index (χ2n) is 3.20. The zero-order chi connectivity index (χ0) is 12.8. The van der Waals surface area contributed by atoms with Crippen LogP contribution in [0.2, 0.25) is 10.0 Å². The zero-order valence-electron chi connectivity index (χ0n) is 9.07. The summed E-state index contributed by atoms with van der Waals surface area (Å²) in [6.07, 6.45) is 2.50. The Morgan fingerprint density at radius 3 is 2.71 bits per heavy atom. The SMILES string of the molecule is COC(=O)CC(=O)/C=C/c1cccc(Cl)c1Cl. The molecule has 0 N–H and O–H groups in total. The number of carbonyl (C=O) groups excluding carboxylic acids is 2. The molecule has 0 aromatic heterocycles. The summed E-state index contributed by atoms with van der Waals surface area (Å²) in [4.78, 5) is 22.1. The fourth-order valence-corrected chi connectivity index (χ4v) is 1.48. The first kappa shape index (κ1) is 13.7. The number of allylic oxidation sites excluding steroid dienone is 1. The van der Waals surface area contributed by atoms with E-state index in [0.717, 1.165) is 0 Å². The maximum atomic E-state index is 11.3. The van der Waals surface area contributed by atoms with Crippen LogP contribution in [0.25, 0.3) is 6.08 Å². The average molecular weight is 273 g/mol. The summed E-state index contributed by atoms with van der Waals surface area (Å²) in [5.74, 6) is -0.926. The van der Waals surface area contributed by atoms with Crippen molar-refractivity contribution in [2.75, 3.05) is 7.11 Å². The predicted molar refractivity (Wildman–Crippen MR) is 67.1 cm³/mol. The highest BCUT2D eigenvalue weighted by atomic mass is 35.5. The number of benzene rings is 1. The summed E-state index contributed by atoms with van der Waals surface area (Å²) in [7, 11) is 1.23. The van der Waals surface area contributed by atoms with Gasteiger partial charge < -0.3 is 4.74 Å². The molecule has 17 heavy (non-hydrogen) atoms. The van der Waals surface area contributed by atoms with Gasteiger partial charge in [0.1, 0.15) is 6.42 Å². The molecular formula is C12H10Cl2O3. The first-order valence-corrected chi connectivity index (χ1v) is 5.52. The molecule has 0 aliphatic rings. The van der Waals surface area contributed by atoms with E-state index in [9.17, 15) is 9.59 Å². The Kier molecular flexibility index (Phi) is 5.19. The number of methoxy groups -OCH3 is 1. The Hall–Kier alpha value is -1.32. The van der Waals surface area contributed by atoms with Crippen molar-refractivity contribution in [2.24, 2.45) is 0 Å². The molecule has 1 aromatic carbocycles. The minimum Gasteiger partial charge on any atom is -0.469 e. The van der Waals surface area contributed by atoms with E-state index < -0.39 is 5.97 Å². The number of esters is 1. The quantitative estimate of drug-likeness (QED) is 0.481. The topological polar surface area (TPSA) is 43.4 Å². The monoisotopic (exact) mass is 272 g/mol. The van der Waals surface area contributed by atoms with Gasteiger partial charge in [0.15, 0.2) is 5.78 Å². The van der Waals surface area contributed by atoms with E-state index in [-0.39, 0.29) is 12.2 Å². The highest BCUT2D eigenvalue weighted by molar-refractivity contribution is 6.42. The summed E-state index contributed by atoms with van der Waals surface area (Å²) in [6.45, 7) is 0. The lowest BCUT2D eigenvalue weighted by atomic mass is 10.1. The molecule has 0 heterocycles. The molecule has 1 rings (SSSR count). The van der Waals surface area contributed by atoms with Gasteiger partial charge in [-0.05, 0) is 23.8 Å². The van der Waals surface area contributed by atoms with Crippen molar-refractivity contribution < 1.29 is 14.3 Å². The summed E-state index contributed by atoms with van der Waals surface area (Å²) in [5, 5.41) is 0.783. The second-order valence-corrected chi connectivity index (χ2v) is 3.98. The number of carbonyl (C=O) groups is 2. The maximum Gasteiger partial charge on any atom is 0.313 e. The van der Waals surface area contributed by atoms with Crippen LogP contribution in [0.1, 0.15) is 12.0 Å². The molecule has 0 radical (unpaired) electrons. The minimum absolute atomic E-state index is 0.287. The van der Waals surface area contributed by atoms with Crippen LogP contribution in [0.4, 0.5) is 0 Å². The van der Waals surface area contributed by atoms with Crippen LogP contribution in [0.5, 0.6) is 0 Å². The molecule has 90 valence electrons. The highest BCUT2D eigenvalue weighted by Gasteiger charge is 2.06. The molecule has 3 nitrogen and oxygen atoms in total. The summed E-state index contributed by atoms with van der Waals surface area (Å²) >= 11 is 11.7. The van der Waals surface area contributed by atoms with Crippen LogP contribution in [0.3, 0.4) is 0 Å². The van der Waals surface area contributed by atoms with Gasteiger partial charge in [-0.3, -0.25) is 9.59 Å². The number of hydrogen-bond donors (Lipinski definition) is 0. The Balaban J connectivity index is 2.74. The molecule has 0 saturated carbocycles. The predicted octanol–water partition coefficient (Wildman–Crippen LogP) is 3.14. The lowest BCUT2D eigenvalue weighted by Gasteiger charge is -1.99. The minimum atomic E-state index is -0.572. The van der Waals surface area contributed by atoms with Gasteiger partial charge in [0, 0.05) is 0 Å². The van der Waals surface area contributed by atoms with Crippen molar-refractivity contribution in [3.63, 3.8) is 0 Å². The van der Waals surface area contributed by atoms with Crippen LogP contribution in [0.15, 0.2) is 24.3 Å². The van der Waals surface area contributed by atoms with Crippen molar-refractivity contribution in [3.05, 3.63) is 39.9 Å².